The largest absolute Gasteiger partial charge is 0.390 e. The molecule has 1 aliphatic rings. The van der Waals surface area contributed by atoms with Gasteiger partial charge in [0.1, 0.15) is 0 Å². The van der Waals surface area contributed by atoms with E-state index < -0.39 is 22.2 Å². The molecule has 2 atom stereocenters. The molecule has 1 heterocycles. The van der Waals surface area contributed by atoms with Crippen LogP contribution in [-0.4, -0.2) is 29.6 Å². The van der Waals surface area contributed by atoms with Crippen LogP contribution in [0.4, 0.5) is 11.6 Å². The molecular weight excluding hydrogens is 412 g/mol. The molecule has 5 rings (SSSR count). The average molecular weight is 433 g/mol. The van der Waals surface area contributed by atoms with Crippen molar-refractivity contribution in [3.8, 4) is 0 Å². The van der Waals surface area contributed by atoms with Crippen molar-refractivity contribution >= 4 is 32.7 Å². The Labute approximate surface area is 179 Å². The Bertz CT molecular complexity index is 1360. The lowest BCUT2D eigenvalue weighted by molar-refractivity contribution is 0.165. The molecule has 0 saturated carbocycles. The van der Waals surface area contributed by atoms with Gasteiger partial charge in [0.05, 0.1) is 28.1 Å². The second kappa shape index (κ2) is 7.64. The van der Waals surface area contributed by atoms with E-state index >= 15 is 0 Å². The number of nitrogens with zero attached hydrogens (tertiary/aromatic N) is 2. The lowest BCUT2D eigenvalue weighted by Crippen LogP contribution is -2.23. The summed E-state index contributed by atoms with van der Waals surface area (Å²) in [6.07, 6.45) is -0.149. The van der Waals surface area contributed by atoms with Crippen LogP contribution in [0.15, 0.2) is 83.8 Å². The highest BCUT2D eigenvalue weighted by Crippen LogP contribution is 2.36. The predicted octanol–water partition coefficient (Wildman–Crippen LogP) is 3.50. The molecule has 3 aromatic carbocycles. The van der Waals surface area contributed by atoms with E-state index in [4.69, 9.17) is 0 Å². The molecule has 0 radical (unpaired) electrons. The summed E-state index contributed by atoms with van der Waals surface area (Å²) in [6.45, 7) is 0. The van der Waals surface area contributed by atoms with Crippen LogP contribution in [0.25, 0.3) is 11.0 Å². The summed E-state index contributed by atoms with van der Waals surface area (Å²) in [5, 5.41) is 13.9. The third kappa shape index (κ3) is 3.71. The number of para-hydroxylation sites is 2. The Kier molecular flexibility index (Phi) is 4.80. The standard InChI is InChI=1S/C23H20N4O3S/c28-20-14-15-8-4-5-11-17(15)21(20)26-22-23(25-19-13-7-6-12-18(19)24-22)27-31(29,30)16-9-2-1-3-10-16/h1-13,20-21,28H,14H2,(H,24,26)(H,25,27)/t20-,21+/m1/s1. The fourth-order valence-electron chi connectivity index (χ4n) is 3.85. The number of aromatic nitrogens is 2. The summed E-state index contributed by atoms with van der Waals surface area (Å²) in [7, 11) is -3.87. The van der Waals surface area contributed by atoms with Gasteiger partial charge in [-0.2, -0.15) is 0 Å². The number of rotatable bonds is 5. The highest BCUT2D eigenvalue weighted by Gasteiger charge is 2.32. The summed E-state index contributed by atoms with van der Waals surface area (Å²) in [4.78, 5) is 9.25. The van der Waals surface area contributed by atoms with Gasteiger partial charge < -0.3 is 10.4 Å². The quantitative estimate of drug-likeness (QED) is 0.446. The molecule has 3 N–H and O–H groups in total. The minimum absolute atomic E-state index is 0.0825. The second-order valence-corrected chi connectivity index (χ2v) is 9.10. The van der Waals surface area contributed by atoms with Crippen LogP contribution in [-0.2, 0) is 16.4 Å². The number of nitrogens with one attached hydrogen (secondary N) is 2. The zero-order valence-corrected chi connectivity index (χ0v) is 17.3. The van der Waals surface area contributed by atoms with Crippen molar-refractivity contribution in [3.05, 3.63) is 90.0 Å². The molecule has 4 aromatic rings. The molecule has 1 aliphatic carbocycles. The molecule has 0 fully saturated rings. The fraction of sp³-hybridized carbons (Fsp3) is 0.130. The monoisotopic (exact) mass is 432 g/mol. The Hall–Kier alpha value is -3.49. The molecule has 0 saturated heterocycles. The van der Waals surface area contributed by atoms with Crippen molar-refractivity contribution < 1.29 is 13.5 Å². The van der Waals surface area contributed by atoms with Crippen molar-refractivity contribution in [2.45, 2.75) is 23.5 Å². The molecule has 1 aromatic heterocycles. The average Bonchev–Trinajstić information content (AvgIpc) is 3.09. The predicted molar refractivity (Wildman–Crippen MR) is 119 cm³/mol. The van der Waals surface area contributed by atoms with Crippen LogP contribution in [0, 0.1) is 0 Å². The third-order valence-corrected chi connectivity index (χ3v) is 6.71. The molecule has 7 nitrogen and oxygen atoms in total. The third-order valence-electron chi connectivity index (χ3n) is 5.35. The molecule has 0 amide bonds. The van der Waals surface area contributed by atoms with Crippen molar-refractivity contribution in [3.63, 3.8) is 0 Å². The van der Waals surface area contributed by atoms with Gasteiger partial charge in [-0.1, -0.05) is 54.6 Å². The van der Waals surface area contributed by atoms with E-state index in [1.54, 1.807) is 24.3 Å². The van der Waals surface area contributed by atoms with E-state index in [1.165, 1.54) is 12.1 Å². The highest BCUT2D eigenvalue weighted by atomic mass is 32.2. The number of hydrogen-bond acceptors (Lipinski definition) is 6. The number of hydrogen-bond donors (Lipinski definition) is 3. The SMILES string of the molecule is O=S(=O)(Nc1nc2ccccc2nc1N[C@H]1c2ccccc2C[C@H]1O)c1ccccc1. The van der Waals surface area contributed by atoms with Gasteiger partial charge in [0.25, 0.3) is 10.0 Å². The maximum Gasteiger partial charge on any atom is 0.263 e. The molecule has 0 bridgehead atoms. The lowest BCUT2D eigenvalue weighted by Gasteiger charge is -2.21. The Morgan fingerprint density at radius 3 is 2.16 bits per heavy atom. The summed E-state index contributed by atoms with van der Waals surface area (Å²) in [5.74, 6) is 0.345. The molecule has 0 unspecified atom stereocenters. The van der Waals surface area contributed by atoms with Crippen molar-refractivity contribution in [2.75, 3.05) is 10.0 Å². The van der Waals surface area contributed by atoms with Gasteiger partial charge in [-0.05, 0) is 35.4 Å². The Balaban J connectivity index is 1.57. The first kappa shape index (κ1) is 19.5. The number of fused-ring (bicyclic) bond motifs is 2. The number of anilines is 2. The van der Waals surface area contributed by atoms with Crippen LogP contribution in [0.3, 0.4) is 0 Å². The number of aliphatic hydroxyl groups is 1. The van der Waals surface area contributed by atoms with E-state index in [0.717, 1.165) is 11.1 Å². The zero-order valence-electron chi connectivity index (χ0n) is 16.4. The molecular formula is C23H20N4O3S. The van der Waals surface area contributed by atoms with E-state index in [9.17, 15) is 13.5 Å². The maximum atomic E-state index is 12.9. The van der Waals surface area contributed by atoms with Crippen molar-refractivity contribution in [1.29, 1.82) is 0 Å². The highest BCUT2D eigenvalue weighted by molar-refractivity contribution is 7.92. The first-order valence-electron chi connectivity index (χ1n) is 9.88. The molecule has 8 heteroatoms. The minimum atomic E-state index is -3.87. The first-order valence-corrected chi connectivity index (χ1v) is 11.4. The Morgan fingerprint density at radius 2 is 1.42 bits per heavy atom. The van der Waals surface area contributed by atoms with Gasteiger partial charge in [-0.3, -0.25) is 4.72 Å². The van der Waals surface area contributed by atoms with Gasteiger partial charge in [0.15, 0.2) is 11.6 Å². The van der Waals surface area contributed by atoms with Gasteiger partial charge >= 0.3 is 0 Å². The van der Waals surface area contributed by atoms with Gasteiger partial charge in [-0.25, -0.2) is 18.4 Å². The normalized spacial score (nSPS) is 18.0. The minimum Gasteiger partial charge on any atom is -0.390 e. The van der Waals surface area contributed by atoms with Crippen LogP contribution in [0.2, 0.25) is 0 Å². The molecule has 156 valence electrons. The fourth-order valence-corrected chi connectivity index (χ4v) is 4.88. The van der Waals surface area contributed by atoms with Gasteiger partial charge in [0.2, 0.25) is 0 Å². The Morgan fingerprint density at radius 1 is 0.806 bits per heavy atom. The second-order valence-electron chi connectivity index (χ2n) is 7.42. The van der Waals surface area contributed by atoms with Crippen molar-refractivity contribution in [2.24, 2.45) is 0 Å². The molecule has 31 heavy (non-hydrogen) atoms. The van der Waals surface area contributed by atoms with Crippen LogP contribution in [0.5, 0.6) is 0 Å². The number of sulfonamides is 1. The van der Waals surface area contributed by atoms with Crippen LogP contribution >= 0.6 is 0 Å². The summed E-state index contributed by atoms with van der Waals surface area (Å²) in [5.41, 5.74) is 3.19. The number of aliphatic hydroxyl groups excluding tert-OH is 1. The van der Waals surface area contributed by atoms with Gasteiger partial charge in [0, 0.05) is 6.42 Å². The first-order chi connectivity index (χ1) is 15.0. The van der Waals surface area contributed by atoms with Crippen LogP contribution in [0.1, 0.15) is 17.2 Å². The topological polar surface area (TPSA) is 104 Å². The van der Waals surface area contributed by atoms with Gasteiger partial charge in [-0.15, -0.1) is 0 Å². The zero-order chi connectivity index (χ0) is 21.4. The maximum absolute atomic E-state index is 12.9. The number of benzene rings is 3. The van der Waals surface area contributed by atoms with E-state index in [0.29, 0.717) is 17.5 Å². The molecule has 0 spiro atoms. The summed E-state index contributed by atoms with van der Waals surface area (Å²) < 4.78 is 28.4. The summed E-state index contributed by atoms with van der Waals surface area (Å²) >= 11 is 0. The van der Waals surface area contributed by atoms with Crippen LogP contribution < -0.4 is 10.0 Å². The summed E-state index contributed by atoms with van der Waals surface area (Å²) in [6, 6.07) is 22.7. The van der Waals surface area contributed by atoms with E-state index in [1.807, 2.05) is 42.5 Å². The lowest BCUT2D eigenvalue weighted by atomic mass is 10.1. The molecule has 0 aliphatic heterocycles. The van der Waals surface area contributed by atoms with E-state index in [-0.39, 0.29) is 16.5 Å². The smallest absolute Gasteiger partial charge is 0.263 e. The van der Waals surface area contributed by atoms with Crippen molar-refractivity contribution in [1.82, 2.24) is 9.97 Å². The van der Waals surface area contributed by atoms with E-state index in [2.05, 4.69) is 20.0 Å².